The number of rotatable bonds is 6. The Balaban J connectivity index is 1.79. The van der Waals surface area contributed by atoms with E-state index in [0.29, 0.717) is 32.1 Å². The minimum absolute atomic E-state index is 0.0454. The fourth-order valence-corrected chi connectivity index (χ4v) is 3.51. The van der Waals surface area contributed by atoms with Crippen molar-refractivity contribution in [3.63, 3.8) is 0 Å². The number of ether oxygens (including phenoxy) is 2. The molecule has 2 aromatic carbocycles. The van der Waals surface area contributed by atoms with Crippen LogP contribution in [0.5, 0.6) is 11.5 Å². The van der Waals surface area contributed by atoms with E-state index in [9.17, 15) is 9.18 Å². The molecule has 0 saturated carbocycles. The highest BCUT2D eigenvalue weighted by molar-refractivity contribution is 6.31. The average molecular weight is 392 g/mol. The summed E-state index contributed by atoms with van der Waals surface area (Å²) in [6, 6.07) is 8.40. The first-order chi connectivity index (χ1) is 13.0. The summed E-state index contributed by atoms with van der Waals surface area (Å²) in [6.07, 6.45) is 0.675. The fraction of sp³-hybridized carbons (Fsp3) is 0.381. The molecule has 0 aliphatic carbocycles. The monoisotopic (exact) mass is 391 g/mol. The molecule has 0 N–H and O–H groups in total. The molecule has 0 bridgehead atoms. The second kappa shape index (κ2) is 8.61. The number of hydrogen-bond acceptors (Lipinski definition) is 3. The van der Waals surface area contributed by atoms with E-state index in [1.54, 1.807) is 11.0 Å². The van der Waals surface area contributed by atoms with Crippen molar-refractivity contribution >= 4 is 17.5 Å². The Morgan fingerprint density at radius 3 is 2.44 bits per heavy atom. The van der Waals surface area contributed by atoms with Gasteiger partial charge in [0.2, 0.25) is 5.91 Å². The van der Waals surface area contributed by atoms with Crippen LogP contribution in [0.15, 0.2) is 30.3 Å². The predicted molar refractivity (Wildman–Crippen MR) is 103 cm³/mol. The molecule has 144 valence electrons. The van der Waals surface area contributed by atoms with Crippen LogP contribution in [-0.2, 0) is 24.2 Å². The maximum atomic E-state index is 14.0. The molecule has 1 aliphatic heterocycles. The highest BCUT2D eigenvalue weighted by atomic mass is 35.5. The van der Waals surface area contributed by atoms with Gasteiger partial charge in [0.15, 0.2) is 11.5 Å². The highest BCUT2D eigenvalue weighted by Crippen LogP contribution is 2.34. The summed E-state index contributed by atoms with van der Waals surface area (Å²) in [7, 11) is 0. The molecule has 2 aromatic rings. The molecule has 1 heterocycles. The molecule has 1 amide bonds. The summed E-state index contributed by atoms with van der Waals surface area (Å²) in [5, 5.41) is 0.278. The molecular weight excluding hydrogens is 369 g/mol. The number of nitrogens with zero attached hydrogens (tertiary/aromatic N) is 1. The van der Waals surface area contributed by atoms with E-state index in [0.717, 1.165) is 23.3 Å². The van der Waals surface area contributed by atoms with Crippen LogP contribution in [0.25, 0.3) is 0 Å². The van der Waals surface area contributed by atoms with E-state index >= 15 is 0 Å². The molecule has 6 heteroatoms. The summed E-state index contributed by atoms with van der Waals surface area (Å²) in [5.41, 5.74) is 2.42. The Morgan fingerprint density at radius 1 is 1.15 bits per heavy atom. The van der Waals surface area contributed by atoms with Crippen LogP contribution in [-0.4, -0.2) is 30.6 Å². The summed E-state index contributed by atoms with van der Waals surface area (Å²) >= 11 is 6.06. The number of halogens is 2. The third-order valence-electron chi connectivity index (χ3n) is 4.62. The van der Waals surface area contributed by atoms with Gasteiger partial charge in [0.25, 0.3) is 0 Å². The number of benzene rings is 2. The van der Waals surface area contributed by atoms with Crippen molar-refractivity contribution in [3.05, 3.63) is 57.9 Å². The standard InChI is InChI=1S/C21H23ClFNO3/c1-3-26-19-10-14-8-9-24(13-15(14)11-20(19)27-4-2)21(25)12-16-17(22)6-5-7-18(16)23/h5-7,10-11H,3-4,8-9,12-13H2,1-2H3. The quantitative estimate of drug-likeness (QED) is 0.732. The average Bonchev–Trinajstić information content (AvgIpc) is 2.65. The lowest BCUT2D eigenvalue weighted by atomic mass is 9.98. The maximum Gasteiger partial charge on any atom is 0.227 e. The van der Waals surface area contributed by atoms with E-state index in [1.807, 2.05) is 26.0 Å². The highest BCUT2D eigenvalue weighted by Gasteiger charge is 2.24. The second-order valence-corrected chi connectivity index (χ2v) is 6.78. The summed E-state index contributed by atoms with van der Waals surface area (Å²) in [5.74, 6) is 0.827. The Bertz CT molecular complexity index is 820. The molecule has 27 heavy (non-hydrogen) atoms. The molecule has 0 radical (unpaired) electrons. The topological polar surface area (TPSA) is 38.8 Å². The van der Waals surface area contributed by atoms with E-state index in [1.165, 1.54) is 12.1 Å². The Morgan fingerprint density at radius 2 is 1.81 bits per heavy atom. The zero-order valence-corrected chi connectivity index (χ0v) is 16.3. The zero-order valence-electron chi connectivity index (χ0n) is 15.6. The third-order valence-corrected chi connectivity index (χ3v) is 4.97. The van der Waals surface area contributed by atoms with Crippen LogP contribution in [0.4, 0.5) is 4.39 Å². The number of hydrogen-bond donors (Lipinski definition) is 0. The van der Waals surface area contributed by atoms with Crippen LogP contribution >= 0.6 is 11.6 Å². The van der Waals surface area contributed by atoms with Gasteiger partial charge in [-0.25, -0.2) is 4.39 Å². The van der Waals surface area contributed by atoms with Gasteiger partial charge in [0, 0.05) is 23.7 Å². The lowest BCUT2D eigenvalue weighted by Gasteiger charge is -2.30. The van der Waals surface area contributed by atoms with Crippen molar-refractivity contribution in [2.24, 2.45) is 0 Å². The van der Waals surface area contributed by atoms with Gasteiger partial charge in [-0.2, -0.15) is 0 Å². The summed E-state index contributed by atoms with van der Waals surface area (Å²) in [6.45, 7) is 6.00. The lowest BCUT2D eigenvalue weighted by Crippen LogP contribution is -2.37. The second-order valence-electron chi connectivity index (χ2n) is 6.38. The van der Waals surface area contributed by atoms with Crippen molar-refractivity contribution < 1.29 is 18.7 Å². The minimum Gasteiger partial charge on any atom is -0.490 e. The molecule has 0 fully saturated rings. The van der Waals surface area contributed by atoms with Gasteiger partial charge in [0.1, 0.15) is 5.82 Å². The number of amides is 1. The summed E-state index contributed by atoms with van der Waals surface area (Å²) in [4.78, 5) is 14.4. The smallest absolute Gasteiger partial charge is 0.227 e. The first kappa shape index (κ1) is 19.5. The van der Waals surface area contributed by atoms with E-state index in [4.69, 9.17) is 21.1 Å². The zero-order chi connectivity index (χ0) is 19.4. The van der Waals surface area contributed by atoms with Crippen molar-refractivity contribution in [2.45, 2.75) is 33.2 Å². The van der Waals surface area contributed by atoms with Crippen LogP contribution in [0.3, 0.4) is 0 Å². The van der Waals surface area contributed by atoms with Crippen molar-refractivity contribution in [1.82, 2.24) is 4.90 Å². The molecule has 0 atom stereocenters. The fourth-order valence-electron chi connectivity index (χ4n) is 3.28. The van der Waals surface area contributed by atoms with E-state index in [-0.39, 0.29) is 22.9 Å². The van der Waals surface area contributed by atoms with Crippen LogP contribution < -0.4 is 9.47 Å². The SMILES string of the molecule is CCOc1cc2c(cc1OCC)CN(C(=O)Cc1c(F)cccc1Cl)CC2. The van der Waals surface area contributed by atoms with Gasteiger partial charge < -0.3 is 14.4 Å². The third kappa shape index (κ3) is 4.35. The van der Waals surface area contributed by atoms with E-state index < -0.39 is 5.82 Å². The van der Waals surface area contributed by atoms with Gasteiger partial charge in [0.05, 0.1) is 19.6 Å². The van der Waals surface area contributed by atoms with Crippen LogP contribution in [0, 0.1) is 5.82 Å². The number of carbonyl (C=O) groups is 1. The van der Waals surface area contributed by atoms with Gasteiger partial charge in [-0.3, -0.25) is 4.79 Å². The molecule has 0 unspecified atom stereocenters. The summed E-state index contributed by atoms with van der Waals surface area (Å²) < 4.78 is 25.3. The Labute approximate surface area is 163 Å². The molecule has 0 aromatic heterocycles. The largest absolute Gasteiger partial charge is 0.490 e. The van der Waals surface area contributed by atoms with Crippen molar-refractivity contribution in [3.8, 4) is 11.5 Å². The normalized spacial score (nSPS) is 13.3. The van der Waals surface area contributed by atoms with Gasteiger partial charge in [-0.1, -0.05) is 17.7 Å². The Kier molecular flexibility index (Phi) is 6.22. The molecule has 0 saturated heterocycles. The van der Waals surface area contributed by atoms with Gasteiger partial charge >= 0.3 is 0 Å². The first-order valence-electron chi connectivity index (χ1n) is 9.15. The van der Waals surface area contributed by atoms with Gasteiger partial charge in [-0.05, 0) is 55.7 Å². The lowest BCUT2D eigenvalue weighted by molar-refractivity contribution is -0.131. The van der Waals surface area contributed by atoms with Gasteiger partial charge in [-0.15, -0.1) is 0 Å². The first-order valence-corrected chi connectivity index (χ1v) is 9.53. The number of fused-ring (bicyclic) bond motifs is 1. The van der Waals surface area contributed by atoms with E-state index in [2.05, 4.69) is 0 Å². The molecular formula is C21H23ClFNO3. The maximum absolute atomic E-state index is 14.0. The minimum atomic E-state index is -0.451. The molecule has 1 aliphatic rings. The Hall–Kier alpha value is -2.27. The molecule has 3 rings (SSSR count). The predicted octanol–water partition coefficient (Wildman–Crippen LogP) is 4.40. The number of carbonyl (C=O) groups excluding carboxylic acids is 1. The molecule has 0 spiro atoms. The van der Waals surface area contributed by atoms with Crippen LogP contribution in [0.2, 0.25) is 5.02 Å². The van der Waals surface area contributed by atoms with Crippen LogP contribution in [0.1, 0.15) is 30.5 Å². The van der Waals surface area contributed by atoms with Crippen molar-refractivity contribution in [1.29, 1.82) is 0 Å². The molecule has 4 nitrogen and oxygen atoms in total. The van der Waals surface area contributed by atoms with Crippen molar-refractivity contribution in [2.75, 3.05) is 19.8 Å².